The number of rotatable bonds is 7. The number of para-hydroxylation sites is 3. The summed E-state index contributed by atoms with van der Waals surface area (Å²) in [5.41, 5.74) is 15.9. The van der Waals surface area contributed by atoms with Crippen molar-refractivity contribution in [3.05, 3.63) is 243 Å². The summed E-state index contributed by atoms with van der Waals surface area (Å²) < 4.78 is 2.37. The van der Waals surface area contributed by atoms with Crippen LogP contribution in [0.4, 0.5) is 0 Å². The van der Waals surface area contributed by atoms with Crippen LogP contribution < -0.4 is 0 Å². The van der Waals surface area contributed by atoms with E-state index >= 15 is 0 Å². The van der Waals surface area contributed by atoms with Gasteiger partial charge in [0.1, 0.15) is 0 Å². The standard InChI is InChI=1S/C63H40N4/c1-3-15-45(16-4-1)56-40-57(46-17-5-2-6-18-46)65-63(64-56)48-32-28-42(29-33-48)41-26-30-47(31-27-41)61-55-39-36-43-14-7-8-19-50(43)60(55)54-23-13-22-51(62(54)66-61)44-34-37-49(38-35-44)67-58-24-11-9-20-52(58)53-21-10-12-25-59(53)67/h1-40H. The Labute approximate surface area is 387 Å². The molecule has 312 valence electrons. The van der Waals surface area contributed by atoms with Crippen LogP contribution in [0.3, 0.4) is 0 Å². The summed E-state index contributed by atoms with van der Waals surface area (Å²) in [5.74, 6) is 0.697. The van der Waals surface area contributed by atoms with E-state index < -0.39 is 0 Å². The van der Waals surface area contributed by atoms with Crippen molar-refractivity contribution in [3.8, 4) is 73.1 Å². The molecule has 0 amide bonds. The van der Waals surface area contributed by atoms with Crippen molar-refractivity contribution >= 4 is 54.3 Å². The van der Waals surface area contributed by atoms with E-state index in [1.54, 1.807) is 0 Å². The SMILES string of the molecule is c1ccc(-c2cc(-c3ccccc3)nc(-c3ccc(-c4ccc(-c5nc6c(-c7ccc(-n8c9ccccc9c9ccccc98)cc7)cccc6c6c5ccc5ccccc56)cc4)cc3)n2)cc1. The monoisotopic (exact) mass is 852 g/mol. The van der Waals surface area contributed by atoms with Crippen LogP contribution in [0.25, 0.3) is 127 Å². The van der Waals surface area contributed by atoms with Crippen molar-refractivity contribution in [2.75, 3.05) is 0 Å². The minimum atomic E-state index is 0.697. The van der Waals surface area contributed by atoms with Crippen molar-refractivity contribution < 1.29 is 0 Å². The van der Waals surface area contributed by atoms with E-state index in [-0.39, 0.29) is 0 Å². The molecule has 4 nitrogen and oxygen atoms in total. The number of benzene rings is 10. The predicted octanol–water partition coefficient (Wildman–Crippen LogP) is 16.4. The predicted molar refractivity (Wildman–Crippen MR) is 279 cm³/mol. The molecule has 0 bridgehead atoms. The molecule has 0 atom stereocenters. The minimum absolute atomic E-state index is 0.697. The average molecular weight is 853 g/mol. The van der Waals surface area contributed by atoms with Gasteiger partial charge in [-0.3, -0.25) is 0 Å². The second kappa shape index (κ2) is 15.9. The summed E-state index contributed by atoms with van der Waals surface area (Å²) in [5, 5.41) is 8.44. The highest BCUT2D eigenvalue weighted by atomic mass is 15.0. The normalized spacial score (nSPS) is 11.6. The van der Waals surface area contributed by atoms with Crippen LogP contribution in [0.2, 0.25) is 0 Å². The van der Waals surface area contributed by atoms with Crippen molar-refractivity contribution in [2.45, 2.75) is 0 Å². The van der Waals surface area contributed by atoms with Gasteiger partial charge in [-0.05, 0) is 57.8 Å². The van der Waals surface area contributed by atoms with E-state index in [0.29, 0.717) is 5.82 Å². The Hall–Kier alpha value is -8.99. The van der Waals surface area contributed by atoms with Gasteiger partial charge in [0.2, 0.25) is 0 Å². The summed E-state index contributed by atoms with van der Waals surface area (Å²) in [6, 6.07) is 86.2. The fourth-order valence-electron chi connectivity index (χ4n) is 9.96. The van der Waals surface area contributed by atoms with E-state index in [0.717, 1.165) is 83.6 Å². The first-order valence-corrected chi connectivity index (χ1v) is 22.8. The first-order valence-electron chi connectivity index (χ1n) is 22.8. The molecule has 13 aromatic rings. The highest BCUT2D eigenvalue weighted by Crippen LogP contribution is 2.41. The quantitative estimate of drug-likeness (QED) is 0.150. The van der Waals surface area contributed by atoms with Crippen LogP contribution in [-0.2, 0) is 0 Å². The molecule has 0 unspecified atom stereocenters. The molecule has 4 heteroatoms. The maximum Gasteiger partial charge on any atom is 0.160 e. The van der Waals surface area contributed by atoms with Crippen molar-refractivity contribution in [1.29, 1.82) is 0 Å². The number of aromatic nitrogens is 4. The molecular weight excluding hydrogens is 813 g/mol. The number of pyridine rings is 1. The van der Waals surface area contributed by atoms with Crippen LogP contribution in [0.1, 0.15) is 0 Å². The van der Waals surface area contributed by atoms with Gasteiger partial charge in [-0.25, -0.2) is 15.0 Å². The van der Waals surface area contributed by atoms with Gasteiger partial charge >= 0.3 is 0 Å². The van der Waals surface area contributed by atoms with Gasteiger partial charge in [0.05, 0.1) is 33.6 Å². The zero-order valence-corrected chi connectivity index (χ0v) is 36.4. The van der Waals surface area contributed by atoms with Crippen molar-refractivity contribution in [3.63, 3.8) is 0 Å². The Morgan fingerprint density at radius 3 is 1.43 bits per heavy atom. The van der Waals surface area contributed by atoms with E-state index in [1.165, 1.54) is 38.0 Å². The molecule has 10 aromatic carbocycles. The average Bonchev–Trinajstić information content (AvgIpc) is 3.75. The Morgan fingerprint density at radius 2 is 0.806 bits per heavy atom. The minimum Gasteiger partial charge on any atom is -0.309 e. The maximum absolute atomic E-state index is 5.60. The molecule has 0 spiro atoms. The highest BCUT2D eigenvalue weighted by molar-refractivity contribution is 6.24. The fourth-order valence-corrected chi connectivity index (χ4v) is 9.96. The second-order valence-electron chi connectivity index (χ2n) is 17.1. The lowest BCUT2D eigenvalue weighted by molar-refractivity contribution is 1.18. The largest absolute Gasteiger partial charge is 0.309 e. The first kappa shape index (κ1) is 38.5. The van der Waals surface area contributed by atoms with Gasteiger partial charge < -0.3 is 4.57 Å². The summed E-state index contributed by atoms with van der Waals surface area (Å²) >= 11 is 0. The second-order valence-corrected chi connectivity index (χ2v) is 17.1. The summed E-state index contributed by atoms with van der Waals surface area (Å²) in [6.45, 7) is 0. The molecule has 13 rings (SSSR count). The van der Waals surface area contributed by atoms with E-state index in [9.17, 15) is 0 Å². The molecule has 0 aliphatic carbocycles. The molecule has 0 saturated carbocycles. The number of fused-ring (bicyclic) bond motifs is 8. The Bertz CT molecular complexity index is 3880. The van der Waals surface area contributed by atoms with Crippen molar-refractivity contribution in [2.24, 2.45) is 0 Å². The molecule has 0 saturated heterocycles. The van der Waals surface area contributed by atoms with Crippen molar-refractivity contribution in [1.82, 2.24) is 19.5 Å². The Morgan fingerprint density at radius 1 is 0.299 bits per heavy atom. The zero-order chi connectivity index (χ0) is 44.3. The molecule has 3 aromatic heterocycles. The fraction of sp³-hybridized carbons (Fsp3) is 0. The molecule has 0 aliphatic rings. The topological polar surface area (TPSA) is 43.6 Å². The zero-order valence-electron chi connectivity index (χ0n) is 36.4. The highest BCUT2D eigenvalue weighted by Gasteiger charge is 2.18. The lowest BCUT2D eigenvalue weighted by Gasteiger charge is -2.16. The van der Waals surface area contributed by atoms with Gasteiger partial charge in [0, 0.05) is 60.4 Å². The molecule has 0 aliphatic heterocycles. The molecule has 67 heavy (non-hydrogen) atoms. The Kier molecular flexibility index (Phi) is 9.14. The third-order valence-electron chi connectivity index (χ3n) is 13.2. The van der Waals surface area contributed by atoms with E-state index in [2.05, 4.69) is 211 Å². The number of hydrogen-bond acceptors (Lipinski definition) is 3. The third-order valence-corrected chi connectivity index (χ3v) is 13.2. The van der Waals surface area contributed by atoms with E-state index in [1.807, 2.05) is 36.4 Å². The van der Waals surface area contributed by atoms with Gasteiger partial charge in [0.25, 0.3) is 0 Å². The van der Waals surface area contributed by atoms with Crippen LogP contribution in [0.5, 0.6) is 0 Å². The smallest absolute Gasteiger partial charge is 0.160 e. The van der Waals surface area contributed by atoms with Crippen LogP contribution >= 0.6 is 0 Å². The molecule has 0 N–H and O–H groups in total. The van der Waals surface area contributed by atoms with Crippen LogP contribution in [-0.4, -0.2) is 19.5 Å². The lowest BCUT2D eigenvalue weighted by atomic mass is 9.92. The van der Waals surface area contributed by atoms with Crippen LogP contribution in [0, 0.1) is 0 Å². The van der Waals surface area contributed by atoms with Gasteiger partial charge in [-0.2, -0.15) is 0 Å². The third kappa shape index (κ3) is 6.65. The lowest BCUT2D eigenvalue weighted by Crippen LogP contribution is -1.96. The Balaban J connectivity index is 0.886. The van der Waals surface area contributed by atoms with Crippen LogP contribution in [0.15, 0.2) is 243 Å². The van der Waals surface area contributed by atoms with Gasteiger partial charge in [-0.15, -0.1) is 0 Å². The number of hydrogen-bond donors (Lipinski definition) is 0. The number of nitrogens with zero attached hydrogens (tertiary/aromatic N) is 4. The first-order chi connectivity index (χ1) is 33.2. The molecular formula is C63H40N4. The molecule has 3 heterocycles. The van der Waals surface area contributed by atoms with E-state index in [4.69, 9.17) is 15.0 Å². The molecule has 0 fully saturated rings. The maximum atomic E-state index is 5.60. The summed E-state index contributed by atoms with van der Waals surface area (Å²) in [7, 11) is 0. The van der Waals surface area contributed by atoms with Gasteiger partial charge in [0.15, 0.2) is 5.82 Å². The summed E-state index contributed by atoms with van der Waals surface area (Å²) in [4.78, 5) is 15.7. The summed E-state index contributed by atoms with van der Waals surface area (Å²) in [6.07, 6.45) is 0. The molecule has 0 radical (unpaired) electrons. The van der Waals surface area contributed by atoms with Gasteiger partial charge in [-0.1, -0.05) is 212 Å².